The van der Waals surface area contributed by atoms with Crippen molar-refractivity contribution in [2.24, 2.45) is 41.1 Å². The number of aliphatic hydroxyl groups is 6. The van der Waals surface area contributed by atoms with Crippen molar-refractivity contribution in [3.63, 3.8) is 0 Å². The Hall–Kier alpha value is -10.6. The molecule has 0 unspecified atom stereocenters. The Labute approximate surface area is 773 Å². The summed E-state index contributed by atoms with van der Waals surface area (Å²) in [5.41, 5.74) is 8.88. The van der Waals surface area contributed by atoms with E-state index in [1.54, 1.807) is 12.1 Å². The highest BCUT2D eigenvalue weighted by Crippen LogP contribution is 2.55. The zero-order valence-corrected chi connectivity index (χ0v) is 76.2. The van der Waals surface area contributed by atoms with Gasteiger partial charge in [-0.25, -0.2) is 13.1 Å². The molecule has 6 fully saturated rings. The van der Waals surface area contributed by atoms with Gasteiger partial charge in [-0.3, -0.25) is 38.4 Å². The van der Waals surface area contributed by atoms with Gasteiger partial charge in [0.15, 0.2) is 23.9 Å². The molecule has 8 amide bonds. The average Bonchev–Trinajstić information content (AvgIpc) is 0.744. The lowest BCUT2D eigenvalue weighted by atomic mass is 9.54. The molecule has 17 rings (SSSR count). The summed E-state index contributed by atoms with van der Waals surface area (Å²) in [4.78, 5) is 124. The van der Waals surface area contributed by atoms with Gasteiger partial charge in [0.25, 0.3) is 0 Å². The van der Waals surface area contributed by atoms with Gasteiger partial charge < -0.3 is 138 Å². The Morgan fingerprint density at radius 3 is 1.98 bits per heavy atom. The standard InChI is InChI=1S/C93H119ClN12O26S/c1-8-9-12-25-126-53-16-18-54(19-17-53)133(124,125)99-24-11-10-23-98-40-57-62(109)37-56-70(79(57)113)55-33-47(13-20-61(55)108)72-87(119)106-76(91(123)104-74(56)89(121)101-71-50-29-45-28-46(31-50)32-51(71)30-45)78(112)49-15-22-64(58(94)34-49)129-66-36-52-35-65(82(66)132-92-83(81(115)80(114)67(41-107)130-92)131-69-39-93(6,96)84(116)44(5)127-69)128-63-21-14-48(27-43(63)4)77(111)75(105-85(117)59(97-7)26-42(2)3)90(122)100-60(38-68(95)110)86(118)102-73(52)88(120)103-72/h13-22,27,33-37,42,44-46,50-51,59-60,67,69,71-78,80-81,83-84,92,97-99,107-109,111-116H,8-12,23-26,28-32,38-41,96H2,1-7H3,(H2,95,110)(H,100,122)(H,101,121)(H,102,118)(H,103,120)(H,104,123)(H,105,117)(H,106,119)/t44-,45?,46?,50?,51?,59+,60-,67+,69-,71?,72+,73+,74-,75+,76-,77+,78+,80+,81-,83+,84+,92-,93-/m0/s1. The second kappa shape index (κ2) is 41.7. The highest BCUT2D eigenvalue weighted by atomic mass is 35.5. The number of sulfonamides is 1. The second-order valence-corrected chi connectivity index (χ2v) is 38.9. The number of nitrogens with one attached hydrogen (secondary N) is 10. The number of likely N-dealkylation sites (N-methyl/N-ethyl adjacent to an activating group) is 1. The number of fused-ring (bicyclic) bond motifs is 15. The van der Waals surface area contributed by atoms with E-state index in [2.05, 4.69) is 59.5 Å². The fourth-order valence-corrected chi connectivity index (χ4v) is 20.8. The van der Waals surface area contributed by atoms with Crippen molar-refractivity contribution < 1.29 is 126 Å². The molecule has 38 nitrogen and oxygen atoms in total. The molecule has 720 valence electrons. The third-order valence-electron chi connectivity index (χ3n) is 26.4. The molecule has 0 spiro atoms. The molecule has 23 N–H and O–H groups in total. The van der Waals surface area contributed by atoms with Crippen molar-refractivity contribution in [2.45, 2.75) is 252 Å². The zero-order chi connectivity index (χ0) is 95.5. The minimum atomic E-state index is -3.96. The first kappa shape index (κ1) is 98.4. The number of hydrogen-bond acceptors (Lipinski definition) is 29. The van der Waals surface area contributed by atoms with Crippen LogP contribution in [0.2, 0.25) is 5.02 Å². The first-order chi connectivity index (χ1) is 63.3. The number of amides is 8. The van der Waals surface area contributed by atoms with E-state index in [1.165, 1.54) is 70.3 Å². The van der Waals surface area contributed by atoms with Crippen LogP contribution in [0.5, 0.6) is 51.7 Å². The molecular weight excluding hydrogens is 1770 g/mol. The number of benzene rings is 6. The number of carbonyl (C=O) groups is 8. The molecule has 18 atom stereocenters. The fourth-order valence-electron chi connectivity index (χ4n) is 19.5. The number of rotatable bonds is 28. The van der Waals surface area contributed by atoms with Crippen LogP contribution in [0.1, 0.15) is 187 Å². The first-order valence-corrected chi connectivity index (χ1v) is 47.0. The molecule has 40 heteroatoms. The highest BCUT2D eigenvalue weighted by molar-refractivity contribution is 7.89. The highest BCUT2D eigenvalue weighted by Gasteiger charge is 2.54. The topological polar surface area (TPSA) is 590 Å². The minimum Gasteiger partial charge on any atom is -0.507 e. The summed E-state index contributed by atoms with van der Waals surface area (Å²) < 4.78 is 74.5. The van der Waals surface area contributed by atoms with Crippen LogP contribution in [-0.4, -0.2) is 220 Å². The van der Waals surface area contributed by atoms with Crippen molar-refractivity contribution in [2.75, 3.05) is 33.4 Å². The summed E-state index contributed by atoms with van der Waals surface area (Å²) >= 11 is 7.33. The van der Waals surface area contributed by atoms with Crippen LogP contribution in [0, 0.1) is 36.5 Å². The third kappa shape index (κ3) is 22.0. The lowest BCUT2D eigenvalue weighted by Crippen LogP contribution is -2.64. The average molecular weight is 1890 g/mol. The SMILES string of the molecule is CCCCCOc1ccc(S(=O)(=O)NCCCCNCc2c(O)cc3c(c2O)-c2cc(ccc2O)[C@H]2NC(=O)[C@@H]4NC(=O)[C@H](CC(N)=O)NC(=O)[C@H](NC(=O)[C@@H](CC(C)C)NC)[C@H](O)c5ccc(c(C)c5)Oc5cc4cc(c5O[C@@H]4O[C@H](CO)[C@@H](O)[C@H](O)[C@H]4O[C@H]4C[C@](C)(N)[C@H](O)[C@H](C)O4)Oc4ccc(cc4Cl)[C@@H](O)[C@H](NC2=O)C(=O)N[C@@H]3C(=O)NC2C3CC4CC(C3)CC2C4)cc1. The summed E-state index contributed by atoms with van der Waals surface area (Å²) in [6, 6.07) is 5.98. The molecule has 0 aromatic heterocycles. The number of phenolic OH excluding ortho intramolecular Hbond substituents is 3. The Morgan fingerprint density at radius 2 is 1.34 bits per heavy atom. The van der Waals surface area contributed by atoms with Gasteiger partial charge in [-0.1, -0.05) is 63.4 Å². The van der Waals surface area contributed by atoms with E-state index in [0.717, 1.165) is 93.8 Å². The van der Waals surface area contributed by atoms with Crippen LogP contribution in [0.4, 0.5) is 0 Å². The minimum absolute atomic E-state index is 0.00647. The number of carbonyl (C=O) groups excluding carboxylic acids is 8. The van der Waals surface area contributed by atoms with Gasteiger partial charge in [0.1, 0.15) is 101 Å². The van der Waals surface area contributed by atoms with Gasteiger partial charge in [-0.15, -0.1) is 0 Å². The summed E-state index contributed by atoms with van der Waals surface area (Å²) in [5, 5.41) is 134. The maximum atomic E-state index is 16.7. The van der Waals surface area contributed by atoms with Crippen LogP contribution in [-0.2, 0) is 69.1 Å². The molecule has 6 aromatic carbocycles. The number of aromatic hydroxyl groups is 3. The van der Waals surface area contributed by atoms with Crippen molar-refractivity contribution in [3.8, 4) is 62.9 Å². The van der Waals surface area contributed by atoms with Crippen LogP contribution in [0.25, 0.3) is 11.1 Å². The van der Waals surface area contributed by atoms with Gasteiger partial charge in [-0.2, -0.15) is 0 Å². The van der Waals surface area contributed by atoms with Crippen LogP contribution < -0.4 is 83.0 Å². The number of primary amides is 1. The third-order valence-corrected chi connectivity index (χ3v) is 28.1. The lowest BCUT2D eigenvalue weighted by molar-refractivity contribution is -0.333. The molecule has 4 aliphatic carbocycles. The number of aryl methyl sites for hydroxylation is 1. The Morgan fingerprint density at radius 1 is 0.692 bits per heavy atom. The predicted molar refractivity (Wildman–Crippen MR) is 478 cm³/mol. The first-order valence-electron chi connectivity index (χ1n) is 45.1. The van der Waals surface area contributed by atoms with Crippen molar-refractivity contribution in [1.29, 1.82) is 0 Å². The van der Waals surface area contributed by atoms with Crippen molar-refractivity contribution in [3.05, 3.63) is 141 Å². The molecule has 15 bridgehead atoms. The van der Waals surface area contributed by atoms with Gasteiger partial charge in [0, 0.05) is 42.2 Å². The van der Waals surface area contributed by atoms with E-state index < -0.39 is 236 Å². The molecule has 7 aliphatic heterocycles. The molecule has 0 radical (unpaired) electrons. The monoisotopic (exact) mass is 1890 g/mol. The van der Waals surface area contributed by atoms with E-state index in [1.807, 2.05) is 13.8 Å². The Balaban J connectivity index is 0.913. The maximum absolute atomic E-state index is 16.7. The number of hydrogen-bond donors (Lipinski definition) is 21. The van der Waals surface area contributed by atoms with Gasteiger partial charge >= 0.3 is 0 Å². The second-order valence-electron chi connectivity index (χ2n) is 36.7. The van der Waals surface area contributed by atoms with Crippen LogP contribution >= 0.6 is 11.6 Å². The van der Waals surface area contributed by atoms with Gasteiger partial charge in [-0.05, 0) is 234 Å². The number of nitrogens with two attached hydrogens (primary N) is 2. The lowest BCUT2D eigenvalue weighted by Gasteiger charge is -2.54. The molecule has 7 heterocycles. The van der Waals surface area contributed by atoms with E-state index in [4.69, 9.17) is 56.2 Å². The molecule has 4 saturated carbocycles. The van der Waals surface area contributed by atoms with Gasteiger partial charge in [0.2, 0.25) is 69.3 Å². The number of halogens is 1. The smallest absolute Gasteiger partial charge is 0.248 e. The molecular formula is C93H119ClN12O26S. The Kier molecular flexibility index (Phi) is 30.9. The van der Waals surface area contributed by atoms with E-state index >= 15 is 28.8 Å². The number of ether oxygens (including phenoxy) is 7. The predicted octanol–water partition coefficient (Wildman–Crippen LogP) is 4.03. The number of aliphatic hydroxyl groups excluding tert-OH is 6. The summed E-state index contributed by atoms with van der Waals surface area (Å²) in [7, 11) is -2.46. The molecule has 11 aliphatic rings. The van der Waals surface area contributed by atoms with Crippen LogP contribution in [0.15, 0.2) is 102 Å². The van der Waals surface area contributed by atoms with Crippen LogP contribution in [0.3, 0.4) is 0 Å². The van der Waals surface area contributed by atoms with Gasteiger partial charge in [0.05, 0.1) is 53.4 Å². The summed E-state index contributed by atoms with van der Waals surface area (Å²) in [6.07, 6.45) is -10.7. The quantitative estimate of drug-likeness (QED) is 0.0308. The summed E-state index contributed by atoms with van der Waals surface area (Å²) in [5.74, 6) is -12.6. The Bertz CT molecular complexity index is 5420. The fraction of sp³-hybridized carbons (Fsp3) is 0.527. The zero-order valence-electron chi connectivity index (χ0n) is 74.7. The number of unbranched alkanes of at least 4 members (excludes halogenated alkanes) is 3. The largest absolute Gasteiger partial charge is 0.507 e. The molecule has 6 aromatic rings. The summed E-state index contributed by atoms with van der Waals surface area (Å²) in [6.45, 7) is 9.63. The molecule has 133 heavy (non-hydrogen) atoms. The van der Waals surface area contributed by atoms with E-state index in [0.29, 0.717) is 37.0 Å². The maximum Gasteiger partial charge on any atom is 0.248 e. The van der Waals surface area contributed by atoms with Crippen molar-refractivity contribution >= 4 is 68.9 Å². The van der Waals surface area contributed by atoms with E-state index in [9.17, 15) is 64.0 Å². The number of phenols is 3. The normalized spacial score (nSPS) is 29.4. The van der Waals surface area contributed by atoms with Crippen molar-refractivity contribution in [1.82, 2.24) is 52.6 Å². The molecule has 2 saturated heterocycles. The van der Waals surface area contributed by atoms with E-state index in [-0.39, 0.29) is 106 Å².